The van der Waals surface area contributed by atoms with E-state index in [1.165, 1.54) is 5.56 Å². The number of carbonyl (C=O) groups excluding carboxylic acids is 2. The van der Waals surface area contributed by atoms with Crippen LogP contribution in [0.15, 0.2) is 24.3 Å². The van der Waals surface area contributed by atoms with Crippen LogP contribution in [0.5, 0.6) is 5.75 Å². The van der Waals surface area contributed by atoms with E-state index in [9.17, 15) is 9.59 Å². The number of benzene rings is 1. The third-order valence-corrected chi connectivity index (χ3v) is 4.12. The van der Waals surface area contributed by atoms with Gasteiger partial charge in [-0.25, -0.2) is 0 Å². The first-order valence-electron chi connectivity index (χ1n) is 8.99. The fourth-order valence-electron chi connectivity index (χ4n) is 2.31. The van der Waals surface area contributed by atoms with Gasteiger partial charge in [0.25, 0.3) is 5.91 Å². The van der Waals surface area contributed by atoms with Gasteiger partial charge in [-0.2, -0.15) is 0 Å². The van der Waals surface area contributed by atoms with Crippen molar-refractivity contribution in [2.24, 2.45) is 0 Å². The van der Waals surface area contributed by atoms with Gasteiger partial charge in [0.05, 0.1) is 6.61 Å². The molecule has 1 aliphatic carbocycles. The highest BCUT2D eigenvalue weighted by Crippen LogP contribution is 2.24. The summed E-state index contributed by atoms with van der Waals surface area (Å²) in [6, 6.07) is 8.28. The van der Waals surface area contributed by atoms with Crippen LogP contribution in [-0.2, 0) is 19.7 Å². The molecule has 1 atom stereocenters. The Bertz CT molecular complexity index is 585. The molecule has 2 rings (SSSR count). The number of amides is 1. The Balaban J connectivity index is 1.63. The molecule has 1 aromatic rings. The van der Waals surface area contributed by atoms with Crippen molar-refractivity contribution in [1.29, 1.82) is 0 Å². The zero-order valence-corrected chi connectivity index (χ0v) is 15.6. The first-order valence-corrected chi connectivity index (χ1v) is 8.99. The van der Waals surface area contributed by atoms with E-state index in [0.29, 0.717) is 13.0 Å². The van der Waals surface area contributed by atoms with E-state index < -0.39 is 6.10 Å². The van der Waals surface area contributed by atoms with Crippen molar-refractivity contribution in [3.63, 3.8) is 0 Å². The Labute approximate surface area is 150 Å². The minimum atomic E-state index is -0.737. The monoisotopic (exact) mass is 347 g/mol. The van der Waals surface area contributed by atoms with Gasteiger partial charge in [-0.1, -0.05) is 32.9 Å². The number of hydrogen-bond donors (Lipinski definition) is 1. The number of nitrogens with one attached hydrogen (secondary N) is 1. The molecule has 138 valence electrons. The number of carbonyl (C=O) groups is 2. The molecule has 0 saturated heterocycles. The Morgan fingerprint density at radius 2 is 1.84 bits per heavy atom. The molecule has 5 nitrogen and oxygen atoms in total. The summed E-state index contributed by atoms with van der Waals surface area (Å²) in [6.45, 7) is 8.54. The average molecular weight is 347 g/mol. The number of rotatable bonds is 8. The smallest absolute Gasteiger partial charge is 0.306 e. The summed E-state index contributed by atoms with van der Waals surface area (Å²) in [5, 5.41) is 2.82. The third-order valence-electron chi connectivity index (χ3n) is 4.12. The lowest BCUT2D eigenvalue weighted by molar-refractivity contribution is -0.155. The molecule has 1 aliphatic rings. The topological polar surface area (TPSA) is 64.6 Å². The van der Waals surface area contributed by atoms with Crippen molar-refractivity contribution < 1.29 is 19.1 Å². The second-order valence-electron chi connectivity index (χ2n) is 7.64. The van der Waals surface area contributed by atoms with Gasteiger partial charge >= 0.3 is 5.97 Å². The SMILES string of the molecule is C[C@H](OC(=O)CCCOc1ccc(C(C)(C)C)cc1)C(=O)NC1CC1. The summed E-state index contributed by atoms with van der Waals surface area (Å²) >= 11 is 0. The third kappa shape index (κ3) is 6.77. The van der Waals surface area contributed by atoms with Crippen molar-refractivity contribution in [3.8, 4) is 5.75 Å². The van der Waals surface area contributed by atoms with Gasteiger partial charge in [-0.15, -0.1) is 0 Å². The van der Waals surface area contributed by atoms with Crippen molar-refractivity contribution in [3.05, 3.63) is 29.8 Å². The van der Waals surface area contributed by atoms with Crippen LogP contribution >= 0.6 is 0 Å². The fraction of sp³-hybridized carbons (Fsp3) is 0.600. The van der Waals surface area contributed by atoms with Gasteiger partial charge in [0.1, 0.15) is 5.75 Å². The second kappa shape index (κ2) is 8.37. The highest BCUT2D eigenvalue weighted by molar-refractivity contribution is 5.83. The molecule has 0 aliphatic heterocycles. The highest BCUT2D eigenvalue weighted by Gasteiger charge is 2.27. The number of hydrogen-bond acceptors (Lipinski definition) is 4. The maximum atomic E-state index is 11.8. The molecular weight excluding hydrogens is 318 g/mol. The summed E-state index contributed by atoms with van der Waals surface area (Å²) < 4.78 is 10.8. The molecular formula is C20H29NO4. The summed E-state index contributed by atoms with van der Waals surface area (Å²) in [5.41, 5.74) is 1.37. The van der Waals surface area contributed by atoms with E-state index in [4.69, 9.17) is 9.47 Å². The Hall–Kier alpha value is -2.04. The Morgan fingerprint density at radius 1 is 1.20 bits per heavy atom. The quantitative estimate of drug-likeness (QED) is 0.578. The van der Waals surface area contributed by atoms with Crippen LogP contribution in [-0.4, -0.2) is 30.6 Å². The largest absolute Gasteiger partial charge is 0.494 e. The molecule has 0 bridgehead atoms. The second-order valence-corrected chi connectivity index (χ2v) is 7.64. The minimum absolute atomic E-state index is 0.116. The van der Waals surface area contributed by atoms with Crippen LogP contribution in [0.3, 0.4) is 0 Å². The average Bonchev–Trinajstić information content (AvgIpc) is 3.35. The molecule has 1 aromatic carbocycles. The maximum absolute atomic E-state index is 11.8. The summed E-state index contributed by atoms with van der Waals surface area (Å²) in [4.78, 5) is 23.5. The van der Waals surface area contributed by atoms with Crippen molar-refractivity contribution in [2.75, 3.05) is 6.61 Å². The van der Waals surface area contributed by atoms with Crippen molar-refractivity contribution in [1.82, 2.24) is 5.32 Å². The van der Waals surface area contributed by atoms with Gasteiger partial charge in [0.15, 0.2) is 6.10 Å². The van der Waals surface area contributed by atoms with E-state index in [1.54, 1.807) is 6.92 Å². The first kappa shape index (κ1) is 19.3. The lowest BCUT2D eigenvalue weighted by Crippen LogP contribution is -2.37. The van der Waals surface area contributed by atoms with Gasteiger partial charge in [0.2, 0.25) is 0 Å². The lowest BCUT2D eigenvalue weighted by atomic mass is 9.87. The first-order chi connectivity index (χ1) is 11.8. The van der Waals surface area contributed by atoms with Gasteiger partial charge in [-0.05, 0) is 49.3 Å². The number of ether oxygens (including phenoxy) is 2. The van der Waals surface area contributed by atoms with Crippen LogP contribution in [0, 0.1) is 0 Å². The summed E-state index contributed by atoms with van der Waals surface area (Å²) in [5.74, 6) is 0.203. The molecule has 1 amide bonds. The highest BCUT2D eigenvalue weighted by atomic mass is 16.5. The molecule has 0 aromatic heterocycles. The predicted octanol–water partition coefficient (Wildman–Crippen LogP) is 3.35. The molecule has 1 fully saturated rings. The van der Waals surface area contributed by atoms with Crippen LogP contribution in [0.1, 0.15) is 58.9 Å². The van der Waals surface area contributed by atoms with Crippen molar-refractivity contribution in [2.45, 2.75) is 70.9 Å². The zero-order chi connectivity index (χ0) is 18.4. The molecule has 0 spiro atoms. The molecule has 25 heavy (non-hydrogen) atoms. The molecule has 1 saturated carbocycles. The van der Waals surface area contributed by atoms with E-state index >= 15 is 0 Å². The minimum Gasteiger partial charge on any atom is -0.494 e. The van der Waals surface area contributed by atoms with E-state index in [-0.39, 0.29) is 29.8 Å². The van der Waals surface area contributed by atoms with Gasteiger partial charge in [-0.3, -0.25) is 9.59 Å². The lowest BCUT2D eigenvalue weighted by Gasteiger charge is -2.19. The molecule has 0 radical (unpaired) electrons. The normalized spacial score (nSPS) is 15.4. The molecule has 5 heteroatoms. The van der Waals surface area contributed by atoms with Gasteiger partial charge in [0, 0.05) is 12.5 Å². The Kier molecular flexibility index (Phi) is 6.45. The van der Waals surface area contributed by atoms with E-state index in [1.807, 2.05) is 12.1 Å². The standard InChI is InChI=1S/C20H29NO4/c1-14(19(23)21-16-9-10-16)25-18(22)6-5-13-24-17-11-7-15(8-12-17)20(2,3)4/h7-8,11-12,14,16H,5-6,9-10,13H2,1-4H3,(H,21,23)/t14-/m0/s1. The van der Waals surface area contributed by atoms with E-state index in [0.717, 1.165) is 18.6 Å². The zero-order valence-electron chi connectivity index (χ0n) is 15.6. The molecule has 1 N–H and O–H groups in total. The predicted molar refractivity (Wildman–Crippen MR) is 96.6 cm³/mol. The fourth-order valence-corrected chi connectivity index (χ4v) is 2.31. The van der Waals surface area contributed by atoms with Gasteiger partial charge < -0.3 is 14.8 Å². The summed E-state index contributed by atoms with van der Waals surface area (Å²) in [6.07, 6.45) is 2.08. The van der Waals surface area contributed by atoms with Crippen molar-refractivity contribution >= 4 is 11.9 Å². The summed E-state index contributed by atoms with van der Waals surface area (Å²) in [7, 11) is 0. The maximum Gasteiger partial charge on any atom is 0.306 e. The molecule has 0 unspecified atom stereocenters. The van der Waals surface area contributed by atoms with Crippen LogP contribution < -0.4 is 10.1 Å². The van der Waals surface area contributed by atoms with Crippen LogP contribution in [0.4, 0.5) is 0 Å². The molecule has 0 heterocycles. The van der Waals surface area contributed by atoms with E-state index in [2.05, 4.69) is 38.2 Å². The Morgan fingerprint density at radius 3 is 2.40 bits per heavy atom. The van der Waals surface area contributed by atoms with Crippen LogP contribution in [0.2, 0.25) is 0 Å². The number of esters is 1. The van der Waals surface area contributed by atoms with Crippen LogP contribution in [0.25, 0.3) is 0 Å².